The highest BCUT2D eigenvalue weighted by Gasteiger charge is 2.42. The second kappa shape index (κ2) is 5.05. The maximum absolute atomic E-state index is 9.35. The maximum atomic E-state index is 9.35. The van der Waals surface area contributed by atoms with Gasteiger partial charge in [-0.2, -0.15) is 0 Å². The largest absolute Gasteiger partial charge is 0.396 e. The van der Waals surface area contributed by atoms with Crippen molar-refractivity contribution < 1.29 is 9.84 Å². The number of aliphatic hydroxyl groups excluding tert-OH is 1. The average Bonchev–Trinajstić information content (AvgIpc) is 2.28. The molecule has 2 nitrogen and oxygen atoms in total. The van der Waals surface area contributed by atoms with E-state index >= 15 is 0 Å². The molecule has 1 saturated carbocycles. The van der Waals surface area contributed by atoms with Crippen molar-refractivity contribution in [3.63, 3.8) is 0 Å². The van der Waals surface area contributed by atoms with Gasteiger partial charge in [-0.05, 0) is 56.3 Å². The third-order valence-corrected chi connectivity index (χ3v) is 4.85. The van der Waals surface area contributed by atoms with Gasteiger partial charge < -0.3 is 9.84 Å². The molecular formula is C14H26O2. The van der Waals surface area contributed by atoms with Crippen LogP contribution in [0, 0.1) is 23.7 Å². The Bertz CT molecular complexity index is 229. The fraction of sp³-hybridized carbons (Fsp3) is 1.00. The van der Waals surface area contributed by atoms with E-state index in [9.17, 15) is 5.11 Å². The zero-order valence-electron chi connectivity index (χ0n) is 10.9. The predicted octanol–water partition coefficient (Wildman–Crippen LogP) is 2.84. The van der Waals surface area contributed by atoms with Crippen molar-refractivity contribution in [1.29, 1.82) is 0 Å². The molecule has 0 aromatic heterocycles. The summed E-state index contributed by atoms with van der Waals surface area (Å²) in [5.74, 6) is 2.52. The molecule has 2 rings (SSSR count). The van der Waals surface area contributed by atoms with Gasteiger partial charge in [0, 0.05) is 6.61 Å². The smallest absolute Gasteiger partial charge is 0.0640 e. The van der Waals surface area contributed by atoms with Crippen LogP contribution in [0.1, 0.15) is 46.5 Å². The summed E-state index contributed by atoms with van der Waals surface area (Å²) >= 11 is 0. The van der Waals surface area contributed by atoms with E-state index in [0.29, 0.717) is 30.7 Å². The summed E-state index contributed by atoms with van der Waals surface area (Å²) in [5.41, 5.74) is 0. The van der Waals surface area contributed by atoms with Gasteiger partial charge in [0.25, 0.3) is 0 Å². The number of hydrogen-bond donors (Lipinski definition) is 1. The van der Waals surface area contributed by atoms with Gasteiger partial charge in [0.2, 0.25) is 0 Å². The minimum absolute atomic E-state index is 0.306. The van der Waals surface area contributed by atoms with Crippen LogP contribution in [0.3, 0.4) is 0 Å². The topological polar surface area (TPSA) is 29.5 Å². The van der Waals surface area contributed by atoms with Crippen LogP contribution in [0.4, 0.5) is 0 Å². The van der Waals surface area contributed by atoms with E-state index in [1.165, 1.54) is 25.7 Å². The highest BCUT2D eigenvalue weighted by Crippen LogP contribution is 2.44. The van der Waals surface area contributed by atoms with Crippen molar-refractivity contribution in [3.05, 3.63) is 0 Å². The number of hydrogen-bond acceptors (Lipinski definition) is 2. The first-order valence-electron chi connectivity index (χ1n) is 6.89. The van der Waals surface area contributed by atoms with Crippen molar-refractivity contribution in [3.8, 4) is 0 Å². The first kappa shape index (κ1) is 12.4. The molecule has 0 bridgehead atoms. The van der Waals surface area contributed by atoms with E-state index in [2.05, 4.69) is 20.8 Å². The van der Waals surface area contributed by atoms with Crippen LogP contribution in [0.15, 0.2) is 0 Å². The first-order chi connectivity index (χ1) is 7.63. The summed E-state index contributed by atoms with van der Waals surface area (Å²) in [7, 11) is 0. The Morgan fingerprint density at radius 3 is 2.62 bits per heavy atom. The van der Waals surface area contributed by atoms with Crippen molar-refractivity contribution in [2.75, 3.05) is 6.61 Å². The second-order valence-corrected chi connectivity index (χ2v) is 6.03. The summed E-state index contributed by atoms with van der Waals surface area (Å²) < 4.78 is 6.19. The van der Waals surface area contributed by atoms with E-state index < -0.39 is 0 Å². The molecule has 1 heterocycles. The molecule has 0 amide bonds. The Labute approximate surface area is 99.4 Å². The number of rotatable bonds is 2. The molecule has 2 aliphatic rings. The Kier molecular flexibility index (Phi) is 3.91. The quantitative estimate of drug-likeness (QED) is 0.784. The van der Waals surface area contributed by atoms with E-state index in [0.717, 1.165) is 11.8 Å². The summed E-state index contributed by atoms with van der Waals surface area (Å²) in [4.78, 5) is 0. The van der Waals surface area contributed by atoms with Gasteiger partial charge >= 0.3 is 0 Å². The average molecular weight is 226 g/mol. The van der Waals surface area contributed by atoms with Crippen molar-refractivity contribution in [2.24, 2.45) is 23.7 Å². The van der Waals surface area contributed by atoms with Gasteiger partial charge in [-0.3, -0.25) is 0 Å². The van der Waals surface area contributed by atoms with Crippen LogP contribution < -0.4 is 0 Å². The number of ether oxygens (including phenoxy) is 1. The molecule has 1 aliphatic heterocycles. The minimum atomic E-state index is 0.306. The molecule has 1 saturated heterocycles. The summed E-state index contributed by atoms with van der Waals surface area (Å²) in [6.45, 7) is 7.04. The van der Waals surface area contributed by atoms with Crippen molar-refractivity contribution >= 4 is 0 Å². The Balaban J connectivity index is 2.09. The normalized spacial score (nSPS) is 46.1. The van der Waals surface area contributed by atoms with Gasteiger partial charge in [0.05, 0.1) is 12.2 Å². The highest BCUT2D eigenvalue weighted by molar-refractivity contribution is 4.91. The van der Waals surface area contributed by atoms with Gasteiger partial charge in [-0.15, -0.1) is 0 Å². The molecule has 94 valence electrons. The maximum Gasteiger partial charge on any atom is 0.0640 e. The van der Waals surface area contributed by atoms with Crippen LogP contribution in [0.25, 0.3) is 0 Å². The Morgan fingerprint density at radius 1 is 1.19 bits per heavy atom. The van der Waals surface area contributed by atoms with Gasteiger partial charge in [-0.25, -0.2) is 0 Å². The molecule has 2 heteroatoms. The molecule has 0 radical (unpaired) electrons. The van der Waals surface area contributed by atoms with Crippen LogP contribution in [0.5, 0.6) is 0 Å². The molecule has 6 atom stereocenters. The number of fused-ring (bicyclic) bond motifs is 1. The van der Waals surface area contributed by atoms with E-state index in [1.54, 1.807) is 0 Å². The van der Waals surface area contributed by atoms with Crippen LogP contribution in [-0.2, 0) is 4.74 Å². The molecule has 1 aliphatic carbocycles. The molecule has 5 unspecified atom stereocenters. The molecule has 0 aromatic rings. The lowest BCUT2D eigenvalue weighted by Crippen LogP contribution is -2.47. The van der Waals surface area contributed by atoms with E-state index in [-0.39, 0.29) is 0 Å². The van der Waals surface area contributed by atoms with Crippen molar-refractivity contribution in [1.82, 2.24) is 0 Å². The van der Waals surface area contributed by atoms with Gasteiger partial charge in [0.1, 0.15) is 0 Å². The minimum Gasteiger partial charge on any atom is -0.396 e. The van der Waals surface area contributed by atoms with Gasteiger partial charge in [0.15, 0.2) is 0 Å². The summed E-state index contributed by atoms with van der Waals surface area (Å²) in [6.07, 6.45) is 5.91. The van der Waals surface area contributed by atoms with Crippen LogP contribution in [0.2, 0.25) is 0 Å². The van der Waals surface area contributed by atoms with E-state index in [1.807, 2.05) is 0 Å². The Hall–Kier alpha value is -0.0800. The lowest BCUT2D eigenvalue weighted by atomic mass is 9.66. The zero-order valence-corrected chi connectivity index (χ0v) is 10.9. The third kappa shape index (κ3) is 2.28. The fourth-order valence-electron chi connectivity index (χ4n) is 3.63. The van der Waals surface area contributed by atoms with Crippen LogP contribution >= 0.6 is 0 Å². The summed E-state index contributed by atoms with van der Waals surface area (Å²) in [6, 6.07) is 0. The fourth-order valence-corrected chi connectivity index (χ4v) is 3.63. The molecule has 16 heavy (non-hydrogen) atoms. The molecule has 0 spiro atoms. The van der Waals surface area contributed by atoms with Crippen LogP contribution in [-0.4, -0.2) is 23.9 Å². The molecule has 1 N–H and O–H groups in total. The molecule has 0 aromatic carbocycles. The summed E-state index contributed by atoms with van der Waals surface area (Å²) in [5, 5.41) is 9.35. The first-order valence-corrected chi connectivity index (χ1v) is 6.89. The third-order valence-electron chi connectivity index (χ3n) is 4.85. The number of aliphatic hydroxyl groups is 1. The Morgan fingerprint density at radius 2 is 1.94 bits per heavy atom. The standard InChI is InChI=1S/C14H26O2/c1-9-4-6-13(10(2)8-15)14-12(9)7-5-11(3)16-14/h9-15H,4-8H2,1-3H3/t9-,10?,11?,12?,13?,14?/m1/s1. The lowest BCUT2D eigenvalue weighted by molar-refractivity contribution is -0.146. The van der Waals surface area contributed by atoms with Gasteiger partial charge in [-0.1, -0.05) is 13.8 Å². The highest BCUT2D eigenvalue weighted by atomic mass is 16.5. The predicted molar refractivity (Wildman–Crippen MR) is 65.2 cm³/mol. The SMILES string of the molecule is CC1CCC2C(O1)C(C(C)CO)CC[C@H]2C. The second-order valence-electron chi connectivity index (χ2n) is 6.03. The van der Waals surface area contributed by atoms with Crippen molar-refractivity contribution in [2.45, 2.75) is 58.7 Å². The molecular weight excluding hydrogens is 200 g/mol. The monoisotopic (exact) mass is 226 g/mol. The lowest BCUT2D eigenvalue weighted by Gasteiger charge is -2.48. The van der Waals surface area contributed by atoms with E-state index in [4.69, 9.17) is 4.74 Å². The zero-order chi connectivity index (χ0) is 11.7. The molecule has 2 fully saturated rings.